The molecule has 0 spiro atoms. The molecule has 4 heteroatoms. The number of nitrogens with zero attached hydrogens (tertiary/aromatic N) is 1. The molecule has 0 saturated carbocycles. The van der Waals surface area contributed by atoms with Crippen molar-refractivity contribution in [2.24, 2.45) is 0 Å². The zero-order valence-electron chi connectivity index (χ0n) is 10.6. The van der Waals surface area contributed by atoms with E-state index in [0.717, 1.165) is 6.42 Å². The molecule has 0 fully saturated rings. The topological polar surface area (TPSA) is 50.1 Å². The van der Waals surface area contributed by atoms with E-state index in [1.807, 2.05) is 36.4 Å². The molecule has 0 bridgehead atoms. The Labute approximate surface area is 118 Å². The van der Waals surface area contributed by atoms with Gasteiger partial charge in [-0.05, 0) is 18.4 Å². The highest BCUT2D eigenvalue weighted by molar-refractivity contribution is 6.18. The maximum Gasteiger partial charge on any atom is 0.334 e. The summed E-state index contributed by atoms with van der Waals surface area (Å²) >= 11 is 5.45. The summed E-state index contributed by atoms with van der Waals surface area (Å²) in [5.41, 5.74) is 1.60. The van der Waals surface area contributed by atoms with Crippen LogP contribution >= 0.6 is 11.6 Å². The monoisotopic (exact) mass is 277 g/mol. The molecule has 0 N–H and O–H groups in total. The molecule has 0 aromatic heterocycles. The van der Waals surface area contributed by atoms with E-state index in [1.165, 1.54) is 5.56 Å². The van der Waals surface area contributed by atoms with Crippen LogP contribution in [0.5, 0.6) is 0 Å². The van der Waals surface area contributed by atoms with Crippen molar-refractivity contribution in [1.29, 1.82) is 5.26 Å². The van der Waals surface area contributed by atoms with E-state index < -0.39 is 5.97 Å². The smallest absolute Gasteiger partial charge is 0.334 e. The van der Waals surface area contributed by atoms with Gasteiger partial charge in [-0.15, -0.1) is 11.6 Å². The number of carbonyl (C=O) groups is 1. The molecule has 19 heavy (non-hydrogen) atoms. The lowest BCUT2D eigenvalue weighted by molar-refractivity contribution is -0.138. The lowest BCUT2D eigenvalue weighted by atomic mass is 10.1. The van der Waals surface area contributed by atoms with Crippen molar-refractivity contribution in [1.82, 2.24) is 0 Å². The van der Waals surface area contributed by atoms with Crippen LogP contribution in [0.15, 0.2) is 42.0 Å². The summed E-state index contributed by atoms with van der Waals surface area (Å²) in [7, 11) is 0. The van der Waals surface area contributed by atoms with Gasteiger partial charge in [0.2, 0.25) is 0 Å². The number of hydrogen-bond donors (Lipinski definition) is 0. The molecule has 100 valence electrons. The van der Waals surface area contributed by atoms with E-state index in [-0.39, 0.29) is 18.9 Å². The Morgan fingerprint density at radius 2 is 2.11 bits per heavy atom. The van der Waals surface area contributed by atoms with Crippen LogP contribution in [0, 0.1) is 11.3 Å². The van der Waals surface area contributed by atoms with Crippen molar-refractivity contribution < 1.29 is 9.53 Å². The minimum absolute atomic E-state index is 0.0654. The zero-order valence-corrected chi connectivity index (χ0v) is 11.4. The fourth-order valence-electron chi connectivity index (χ4n) is 1.59. The highest BCUT2D eigenvalue weighted by Crippen LogP contribution is 2.09. The number of benzene rings is 1. The molecule has 1 aromatic carbocycles. The first-order chi connectivity index (χ1) is 9.27. The molecule has 3 nitrogen and oxygen atoms in total. The van der Waals surface area contributed by atoms with Crippen LogP contribution in [-0.4, -0.2) is 18.5 Å². The van der Waals surface area contributed by atoms with Gasteiger partial charge in [-0.3, -0.25) is 0 Å². The summed E-state index contributed by atoms with van der Waals surface area (Å²) in [6.45, 7) is 0.168. The quantitative estimate of drug-likeness (QED) is 0.437. The van der Waals surface area contributed by atoms with E-state index in [9.17, 15) is 4.79 Å². The zero-order chi connectivity index (χ0) is 13.9. The number of rotatable bonds is 7. The standard InChI is InChI=1S/C15H16ClNO2/c16-10-12-19-15(18)14(9-11-17)8-4-7-13-5-2-1-3-6-13/h1-3,5-6,8H,4,7,9-10,12H2/b14-8+. The number of nitriles is 1. The maximum atomic E-state index is 11.6. The van der Waals surface area contributed by atoms with Crippen LogP contribution in [0.3, 0.4) is 0 Å². The molecule has 0 amide bonds. The number of ether oxygens (including phenoxy) is 1. The van der Waals surface area contributed by atoms with Crippen molar-refractivity contribution in [2.45, 2.75) is 19.3 Å². The van der Waals surface area contributed by atoms with Gasteiger partial charge >= 0.3 is 5.97 Å². The molecule has 0 atom stereocenters. The summed E-state index contributed by atoms with van der Waals surface area (Å²) in [4.78, 5) is 11.6. The van der Waals surface area contributed by atoms with E-state index in [2.05, 4.69) is 0 Å². The summed E-state index contributed by atoms with van der Waals surface area (Å²) in [5.74, 6) is -0.189. The third kappa shape index (κ3) is 6.08. The second-order valence-corrected chi connectivity index (χ2v) is 4.29. The fraction of sp³-hybridized carbons (Fsp3) is 0.333. The van der Waals surface area contributed by atoms with Gasteiger partial charge < -0.3 is 4.74 Å². The molecular weight excluding hydrogens is 262 g/mol. The second kappa shape index (κ2) is 9.18. The molecule has 0 aliphatic carbocycles. The number of carbonyl (C=O) groups excluding carboxylic acids is 1. The average Bonchev–Trinajstić information content (AvgIpc) is 2.45. The van der Waals surface area contributed by atoms with Crippen LogP contribution in [0.1, 0.15) is 18.4 Å². The number of allylic oxidation sites excluding steroid dienone is 1. The van der Waals surface area contributed by atoms with Crippen molar-refractivity contribution in [3.63, 3.8) is 0 Å². The minimum atomic E-state index is -0.449. The van der Waals surface area contributed by atoms with E-state index in [1.54, 1.807) is 6.08 Å². The second-order valence-electron chi connectivity index (χ2n) is 3.91. The van der Waals surface area contributed by atoms with Gasteiger partial charge in [-0.1, -0.05) is 36.4 Å². The van der Waals surface area contributed by atoms with Gasteiger partial charge in [0.1, 0.15) is 6.61 Å². The number of hydrogen-bond acceptors (Lipinski definition) is 3. The lowest BCUT2D eigenvalue weighted by Gasteiger charge is -2.04. The molecule has 0 saturated heterocycles. The van der Waals surface area contributed by atoms with Crippen molar-refractivity contribution >= 4 is 17.6 Å². The SMILES string of the molecule is N#CC/C(=C\CCc1ccccc1)C(=O)OCCCl. The molecule has 0 aliphatic heterocycles. The summed E-state index contributed by atoms with van der Waals surface area (Å²) < 4.78 is 4.92. The molecule has 1 rings (SSSR count). The molecule has 0 unspecified atom stereocenters. The van der Waals surface area contributed by atoms with Gasteiger partial charge in [-0.2, -0.15) is 5.26 Å². The molecule has 1 aromatic rings. The first kappa shape index (κ1) is 15.3. The first-order valence-corrected chi connectivity index (χ1v) is 6.64. The Morgan fingerprint density at radius 1 is 1.37 bits per heavy atom. The largest absolute Gasteiger partial charge is 0.461 e. The van der Waals surface area contributed by atoms with Gasteiger partial charge in [-0.25, -0.2) is 4.79 Å². The summed E-state index contributed by atoms with van der Waals surface area (Å²) in [6.07, 6.45) is 3.37. The maximum absolute atomic E-state index is 11.6. The van der Waals surface area contributed by atoms with Crippen molar-refractivity contribution in [3.05, 3.63) is 47.5 Å². The van der Waals surface area contributed by atoms with Crippen molar-refractivity contribution in [2.75, 3.05) is 12.5 Å². The lowest BCUT2D eigenvalue weighted by Crippen LogP contribution is -2.09. The highest BCUT2D eigenvalue weighted by atomic mass is 35.5. The highest BCUT2D eigenvalue weighted by Gasteiger charge is 2.09. The minimum Gasteiger partial charge on any atom is -0.461 e. The molecule has 0 heterocycles. The number of halogens is 1. The number of aryl methyl sites for hydroxylation is 1. The van der Waals surface area contributed by atoms with Crippen molar-refractivity contribution in [3.8, 4) is 6.07 Å². The fourth-order valence-corrected chi connectivity index (χ4v) is 1.67. The van der Waals surface area contributed by atoms with E-state index in [4.69, 9.17) is 21.6 Å². The Balaban J connectivity index is 2.53. The van der Waals surface area contributed by atoms with E-state index >= 15 is 0 Å². The Bertz CT molecular complexity index is 463. The van der Waals surface area contributed by atoms with Crippen LogP contribution in [0.25, 0.3) is 0 Å². The summed E-state index contributed by atoms with van der Waals surface area (Å²) in [5, 5.41) is 8.70. The Kier molecular flexibility index (Phi) is 7.38. The third-order valence-electron chi connectivity index (χ3n) is 2.51. The first-order valence-electron chi connectivity index (χ1n) is 6.11. The predicted octanol–water partition coefficient (Wildman–Crippen LogP) is 3.24. The predicted molar refractivity (Wildman–Crippen MR) is 74.8 cm³/mol. The Morgan fingerprint density at radius 3 is 2.74 bits per heavy atom. The molecule has 0 radical (unpaired) electrons. The van der Waals surface area contributed by atoms with Gasteiger partial charge in [0.05, 0.1) is 18.4 Å². The number of esters is 1. The average molecular weight is 278 g/mol. The normalized spacial score (nSPS) is 10.8. The van der Waals surface area contributed by atoms with Crippen LogP contribution < -0.4 is 0 Å². The molecular formula is C15H16ClNO2. The number of alkyl halides is 1. The van der Waals surface area contributed by atoms with Gasteiger partial charge in [0.15, 0.2) is 0 Å². The third-order valence-corrected chi connectivity index (χ3v) is 2.66. The van der Waals surface area contributed by atoms with Crippen LogP contribution in [0.2, 0.25) is 0 Å². The Hall–Kier alpha value is -1.79. The van der Waals surface area contributed by atoms with E-state index in [0.29, 0.717) is 12.0 Å². The summed E-state index contributed by atoms with van der Waals surface area (Å²) in [6, 6.07) is 11.9. The van der Waals surface area contributed by atoms with Gasteiger partial charge in [0.25, 0.3) is 0 Å². The van der Waals surface area contributed by atoms with Crippen LogP contribution in [0.4, 0.5) is 0 Å². The molecule has 0 aliphatic rings. The van der Waals surface area contributed by atoms with Crippen LogP contribution in [-0.2, 0) is 16.0 Å². The van der Waals surface area contributed by atoms with Gasteiger partial charge in [0, 0.05) is 5.57 Å².